The van der Waals surface area contributed by atoms with E-state index in [1.165, 1.54) is 0 Å². The number of nitrogens with one attached hydrogen (secondary N) is 1. The summed E-state index contributed by atoms with van der Waals surface area (Å²) in [7, 11) is 2.08. The first-order valence-corrected chi connectivity index (χ1v) is 6.17. The molecule has 1 rings (SSSR count). The van der Waals surface area contributed by atoms with Gasteiger partial charge in [-0.25, -0.2) is 0 Å². The van der Waals surface area contributed by atoms with Gasteiger partial charge in [-0.3, -0.25) is 4.90 Å². The van der Waals surface area contributed by atoms with Gasteiger partial charge in [0.15, 0.2) is 5.76 Å². The van der Waals surface area contributed by atoms with E-state index in [1.807, 2.05) is 6.07 Å². The molecule has 1 aromatic heterocycles. The molecule has 0 amide bonds. The minimum Gasteiger partial charge on any atom is -0.360 e. The van der Waals surface area contributed by atoms with E-state index < -0.39 is 0 Å². The van der Waals surface area contributed by atoms with Crippen LogP contribution >= 0.6 is 0 Å². The van der Waals surface area contributed by atoms with Gasteiger partial charge in [0.05, 0.1) is 12.2 Å². The Labute approximate surface area is 104 Å². The number of aromatic nitrogens is 1. The highest BCUT2D eigenvalue weighted by atomic mass is 16.5. The lowest BCUT2D eigenvalue weighted by atomic mass is 10.1. The van der Waals surface area contributed by atoms with Crippen molar-refractivity contribution in [3.8, 4) is 0 Å². The zero-order valence-corrected chi connectivity index (χ0v) is 11.9. The van der Waals surface area contributed by atoms with Gasteiger partial charge in [0.25, 0.3) is 0 Å². The summed E-state index contributed by atoms with van der Waals surface area (Å²) in [6.45, 7) is 12.3. The molecular weight excluding hydrogens is 214 g/mol. The Morgan fingerprint density at radius 2 is 2.06 bits per heavy atom. The number of nitrogens with zero attached hydrogens (tertiary/aromatic N) is 2. The van der Waals surface area contributed by atoms with Crippen molar-refractivity contribution >= 4 is 0 Å². The highest BCUT2D eigenvalue weighted by molar-refractivity contribution is 5.05. The molecule has 4 heteroatoms. The number of hydrogen-bond donors (Lipinski definition) is 1. The monoisotopic (exact) mass is 239 g/mol. The zero-order chi connectivity index (χ0) is 13.1. The Hall–Kier alpha value is -0.870. The number of rotatable bonds is 5. The molecule has 0 fully saturated rings. The van der Waals surface area contributed by atoms with E-state index in [9.17, 15) is 0 Å². The fraction of sp³-hybridized carbons (Fsp3) is 0.769. The third kappa shape index (κ3) is 5.33. The second-order valence-electron chi connectivity index (χ2n) is 5.90. The van der Waals surface area contributed by atoms with Crippen LogP contribution in [0, 0.1) is 0 Å². The third-order valence-electron chi connectivity index (χ3n) is 2.69. The van der Waals surface area contributed by atoms with Crippen LogP contribution in [0.4, 0.5) is 0 Å². The average Bonchev–Trinajstić information content (AvgIpc) is 2.61. The molecule has 0 aromatic carbocycles. The minimum atomic E-state index is 0.105. The van der Waals surface area contributed by atoms with Crippen LogP contribution in [-0.4, -0.2) is 28.7 Å². The van der Waals surface area contributed by atoms with E-state index in [2.05, 4.69) is 57.0 Å². The topological polar surface area (TPSA) is 41.3 Å². The molecule has 1 heterocycles. The third-order valence-corrected chi connectivity index (χ3v) is 2.69. The fourth-order valence-corrected chi connectivity index (χ4v) is 1.30. The van der Waals surface area contributed by atoms with Crippen molar-refractivity contribution in [1.82, 2.24) is 15.4 Å². The van der Waals surface area contributed by atoms with Crippen LogP contribution in [0.1, 0.15) is 46.1 Å². The smallest absolute Gasteiger partial charge is 0.151 e. The van der Waals surface area contributed by atoms with E-state index in [0.29, 0.717) is 6.04 Å². The van der Waals surface area contributed by atoms with Gasteiger partial charge >= 0.3 is 0 Å². The maximum absolute atomic E-state index is 5.32. The van der Waals surface area contributed by atoms with E-state index in [1.54, 1.807) is 0 Å². The van der Waals surface area contributed by atoms with Gasteiger partial charge in [-0.1, -0.05) is 5.16 Å². The molecule has 0 unspecified atom stereocenters. The molecular formula is C13H25N3O. The molecule has 0 aliphatic carbocycles. The van der Waals surface area contributed by atoms with Crippen LogP contribution in [0.2, 0.25) is 0 Å². The Balaban J connectivity index is 2.48. The van der Waals surface area contributed by atoms with Crippen LogP contribution in [-0.2, 0) is 13.1 Å². The summed E-state index contributed by atoms with van der Waals surface area (Å²) in [5.41, 5.74) is 1.07. The average molecular weight is 239 g/mol. The fourth-order valence-electron chi connectivity index (χ4n) is 1.30. The normalized spacial score (nSPS) is 12.7. The quantitative estimate of drug-likeness (QED) is 0.856. The molecule has 0 spiro atoms. The molecule has 0 aliphatic heterocycles. The summed E-state index contributed by atoms with van der Waals surface area (Å²) in [5, 5.41) is 7.46. The van der Waals surface area contributed by atoms with E-state index in [0.717, 1.165) is 24.5 Å². The van der Waals surface area contributed by atoms with Crippen LogP contribution in [0.3, 0.4) is 0 Å². The largest absolute Gasteiger partial charge is 0.360 e. The Morgan fingerprint density at radius 3 is 2.59 bits per heavy atom. The second kappa shape index (κ2) is 5.65. The second-order valence-corrected chi connectivity index (χ2v) is 5.90. The molecule has 0 atom stereocenters. The molecule has 4 nitrogen and oxygen atoms in total. The van der Waals surface area contributed by atoms with Gasteiger partial charge in [-0.15, -0.1) is 0 Å². The highest BCUT2D eigenvalue weighted by Gasteiger charge is 2.12. The predicted molar refractivity (Wildman–Crippen MR) is 69.7 cm³/mol. The molecule has 1 aromatic rings. The maximum atomic E-state index is 5.32. The van der Waals surface area contributed by atoms with Crippen molar-refractivity contribution in [1.29, 1.82) is 0 Å². The van der Waals surface area contributed by atoms with E-state index in [-0.39, 0.29) is 5.54 Å². The summed E-state index contributed by atoms with van der Waals surface area (Å²) >= 11 is 0. The summed E-state index contributed by atoms with van der Waals surface area (Å²) < 4.78 is 5.32. The molecule has 98 valence electrons. The van der Waals surface area contributed by atoms with Crippen molar-refractivity contribution in [2.75, 3.05) is 7.05 Å². The summed E-state index contributed by atoms with van der Waals surface area (Å²) in [4.78, 5) is 2.22. The predicted octanol–water partition coefficient (Wildman–Crippen LogP) is 2.40. The molecule has 1 N–H and O–H groups in total. The molecule has 0 saturated heterocycles. The molecule has 0 radical (unpaired) electrons. The molecule has 0 bridgehead atoms. The van der Waals surface area contributed by atoms with Crippen LogP contribution in [0.25, 0.3) is 0 Å². The maximum Gasteiger partial charge on any atom is 0.151 e. The molecule has 0 aliphatic rings. The van der Waals surface area contributed by atoms with Crippen LogP contribution in [0.5, 0.6) is 0 Å². The van der Waals surface area contributed by atoms with E-state index in [4.69, 9.17) is 4.52 Å². The van der Waals surface area contributed by atoms with E-state index >= 15 is 0 Å². The van der Waals surface area contributed by atoms with Gasteiger partial charge < -0.3 is 9.84 Å². The summed E-state index contributed by atoms with van der Waals surface area (Å²) in [5.74, 6) is 0.923. The van der Waals surface area contributed by atoms with Crippen molar-refractivity contribution in [3.05, 3.63) is 17.5 Å². The SMILES string of the molecule is CC(C)N(C)Cc1cc(CNC(C)(C)C)no1. The highest BCUT2D eigenvalue weighted by Crippen LogP contribution is 2.09. The van der Waals surface area contributed by atoms with Crippen molar-refractivity contribution < 1.29 is 4.52 Å². The van der Waals surface area contributed by atoms with Gasteiger partial charge in [0.1, 0.15) is 0 Å². The van der Waals surface area contributed by atoms with Crippen molar-refractivity contribution in [3.63, 3.8) is 0 Å². The van der Waals surface area contributed by atoms with Gasteiger partial charge in [0, 0.05) is 24.2 Å². The molecule has 0 saturated carbocycles. The van der Waals surface area contributed by atoms with Gasteiger partial charge in [-0.2, -0.15) is 0 Å². The van der Waals surface area contributed by atoms with Gasteiger partial charge in [-0.05, 0) is 41.7 Å². The Bertz CT molecular complexity index is 339. The summed E-state index contributed by atoms with van der Waals surface area (Å²) in [6.07, 6.45) is 0. The zero-order valence-electron chi connectivity index (χ0n) is 11.9. The first kappa shape index (κ1) is 14.2. The minimum absolute atomic E-state index is 0.105. The lowest BCUT2D eigenvalue weighted by Crippen LogP contribution is -2.35. The van der Waals surface area contributed by atoms with Gasteiger partial charge in [0.2, 0.25) is 0 Å². The van der Waals surface area contributed by atoms with Crippen molar-refractivity contribution in [2.24, 2.45) is 0 Å². The Kier molecular flexibility index (Phi) is 4.71. The Morgan fingerprint density at radius 1 is 1.41 bits per heavy atom. The number of hydrogen-bond acceptors (Lipinski definition) is 4. The summed E-state index contributed by atoms with van der Waals surface area (Å²) in [6, 6.07) is 2.54. The van der Waals surface area contributed by atoms with Crippen LogP contribution in [0.15, 0.2) is 10.6 Å². The first-order valence-electron chi connectivity index (χ1n) is 6.17. The lowest BCUT2D eigenvalue weighted by molar-refractivity contribution is 0.230. The van der Waals surface area contributed by atoms with Crippen LogP contribution < -0.4 is 5.32 Å². The lowest BCUT2D eigenvalue weighted by Gasteiger charge is -2.19. The first-order chi connectivity index (χ1) is 7.78. The molecule has 17 heavy (non-hydrogen) atoms. The standard InChI is InChI=1S/C13H25N3O/c1-10(2)16(6)9-12-7-11(15-17-12)8-14-13(3,4)5/h7,10,14H,8-9H2,1-6H3. The van der Waals surface area contributed by atoms with Crippen molar-refractivity contribution in [2.45, 2.75) is 59.3 Å².